The van der Waals surface area contributed by atoms with Crippen molar-refractivity contribution in [3.05, 3.63) is 30.3 Å². The van der Waals surface area contributed by atoms with Crippen molar-refractivity contribution in [2.45, 2.75) is 76.3 Å². The second kappa shape index (κ2) is 7.85. The average Bonchev–Trinajstić information content (AvgIpc) is 2.64. The maximum atomic E-state index is 13.3. The monoisotopic (exact) mass is 314 g/mol. The van der Waals surface area contributed by atoms with Crippen molar-refractivity contribution in [2.24, 2.45) is 0 Å². The number of nitrogens with zero attached hydrogens (tertiary/aromatic N) is 2. The van der Waals surface area contributed by atoms with E-state index >= 15 is 0 Å². The number of amides is 2. The molecule has 0 aliphatic heterocycles. The summed E-state index contributed by atoms with van der Waals surface area (Å²) in [5.74, 6) is 0. The molecule has 1 aromatic carbocycles. The third kappa shape index (κ3) is 3.88. The van der Waals surface area contributed by atoms with E-state index in [0.29, 0.717) is 12.1 Å². The smallest absolute Gasteiger partial charge is 0.318 e. The highest BCUT2D eigenvalue weighted by Crippen LogP contribution is 2.31. The number of para-hydroxylation sites is 1. The van der Waals surface area contributed by atoms with Crippen LogP contribution in [0.3, 0.4) is 0 Å². The Morgan fingerprint density at radius 1 is 0.826 bits per heavy atom. The Labute approximate surface area is 140 Å². The zero-order valence-corrected chi connectivity index (χ0v) is 14.4. The summed E-state index contributed by atoms with van der Waals surface area (Å²) in [6, 6.07) is 11.2. The van der Waals surface area contributed by atoms with E-state index in [9.17, 15) is 4.79 Å². The molecule has 0 N–H and O–H groups in total. The largest absolute Gasteiger partial charge is 0.324 e. The van der Waals surface area contributed by atoms with Gasteiger partial charge in [-0.05, 0) is 37.8 Å². The minimum atomic E-state index is 0.204. The Morgan fingerprint density at radius 3 is 1.78 bits per heavy atom. The van der Waals surface area contributed by atoms with Crippen LogP contribution >= 0.6 is 0 Å². The lowest BCUT2D eigenvalue weighted by Gasteiger charge is -2.43. The normalized spacial score (nSPS) is 20.2. The Hall–Kier alpha value is -1.51. The molecule has 2 aliphatic rings. The van der Waals surface area contributed by atoms with Gasteiger partial charge in [-0.1, -0.05) is 56.7 Å². The molecule has 3 nitrogen and oxygen atoms in total. The summed E-state index contributed by atoms with van der Waals surface area (Å²) in [6.07, 6.45) is 12.5. The first-order valence-electron chi connectivity index (χ1n) is 9.38. The molecule has 0 bridgehead atoms. The van der Waals surface area contributed by atoms with Crippen molar-refractivity contribution >= 4 is 11.7 Å². The van der Waals surface area contributed by atoms with Gasteiger partial charge < -0.3 is 4.90 Å². The first-order valence-corrected chi connectivity index (χ1v) is 9.38. The van der Waals surface area contributed by atoms with Crippen LogP contribution in [-0.2, 0) is 0 Å². The van der Waals surface area contributed by atoms with Gasteiger partial charge in [0.1, 0.15) is 0 Å². The van der Waals surface area contributed by atoms with E-state index in [2.05, 4.69) is 4.90 Å². The van der Waals surface area contributed by atoms with Gasteiger partial charge in [0, 0.05) is 24.8 Å². The minimum Gasteiger partial charge on any atom is -0.318 e. The van der Waals surface area contributed by atoms with Crippen LogP contribution < -0.4 is 4.90 Å². The van der Waals surface area contributed by atoms with Crippen LogP contribution in [0.15, 0.2) is 30.3 Å². The topological polar surface area (TPSA) is 23.6 Å². The molecule has 0 heterocycles. The molecular formula is C20H30N2O. The van der Waals surface area contributed by atoms with Gasteiger partial charge in [-0.3, -0.25) is 4.90 Å². The van der Waals surface area contributed by atoms with E-state index in [-0.39, 0.29) is 6.03 Å². The lowest BCUT2D eigenvalue weighted by Crippen LogP contribution is -2.53. The van der Waals surface area contributed by atoms with Gasteiger partial charge in [0.05, 0.1) is 0 Å². The molecule has 3 heteroatoms. The second-order valence-corrected chi connectivity index (χ2v) is 7.17. The fourth-order valence-corrected chi connectivity index (χ4v) is 4.26. The zero-order chi connectivity index (χ0) is 16.1. The molecular weight excluding hydrogens is 284 g/mol. The molecule has 0 radical (unpaired) electrons. The molecule has 126 valence electrons. The fraction of sp³-hybridized carbons (Fsp3) is 0.650. The molecule has 2 saturated carbocycles. The third-order valence-electron chi connectivity index (χ3n) is 5.59. The Bertz CT molecular complexity index is 472. The highest BCUT2D eigenvalue weighted by molar-refractivity contribution is 5.91. The first-order chi connectivity index (χ1) is 11.3. The number of carbonyl (C=O) groups excluding carboxylic acids is 1. The summed E-state index contributed by atoms with van der Waals surface area (Å²) >= 11 is 0. The van der Waals surface area contributed by atoms with Gasteiger partial charge in [-0.15, -0.1) is 0 Å². The van der Waals surface area contributed by atoms with Gasteiger partial charge in [0.25, 0.3) is 0 Å². The second-order valence-electron chi connectivity index (χ2n) is 7.17. The SMILES string of the molecule is CN(C(=O)N(C1CCCCC1)C1CCCCC1)c1ccccc1. The van der Waals surface area contributed by atoms with Crippen LogP contribution in [0.25, 0.3) is 0 Å². The van der Waals surface area contributed by atoms with Gasteiger partial charge in [0.2, 0.25) is 0 Å². The molecule has 0 saturated heterocycles. The van der Waals surface area contributed by atoms with Crippen LogP contribution in [0.4, 0.5) is 10.5 Å². The summed E-state index contributed by atoms with van der Waals surface area (Å²) < 4.78 is 0. The summed E-state index contributed by atoms with van der Waals surface area (Å²) in [4.78, 5) is 17.4. The highest BCUT2D eigenvalue weighted by Gasteiger charge is 2.34. The van der Waals surface area contributed by atoms with Crippen LogP contribution in [-0.4, -0.2) is 30.1 Å². The lowest BCUT2D eigenvalue weighted by atomic mass is 9.89. The Morgan fingerprint density at radius 2 is 1.30 bits per heavy atom. The van der Waals surface area contributed by atoms with Crippen LogP contribution in [0.2, 0.25) is 0 Å². The third-order valence-corrected chi connectivity index (χ3v) is 5.59. The quantitative estimate of drug-likeness (QED) is 0.751. The van der Waals surface area contributed by atoms with Crippen LogP contribution in [0.5, 0.6) is 0 Å². The maximum Gasteiger partial charge on any atom is 0.324 e. The number of carbonyl (C=O) groups is 1. The average molecular weight is 314 g/mol. The van der Waals surface area contributed by atoms with Crippen molar-refractivity contribution in [1.29, 1.82) is 0 Å². The molecule has 23 heavy (non-hydrogen) atoms. The number of rotatable bonds is 3. The molecule has 0 spiro atoms. The predicted molar refractivity (Wildman–Crippen MR) is 95.8 cm³/mol. The van der Waals surface area contributed by atoms with E-state index < -0.39 is 0 Å². The van der Waals surface area contributed by atoms with E-state index in [1.54, 1.807) is 0 Å². The first kappa shape index (κ1) is 16.4. The number of urea groups is 1. The minimum absolute atomic E-state index is 0.204. The van der Waals surface area contributed by atoms with Gasteiger partial charge in [-0.25, -0.2) is 4.79 Å². The van der Waals surface area contributed by atoms with Crippen molar-refractivity contribution in [1.82, 2.24) is 4.90 Å². The van der Waals surface area contributed by atoms with E-state index in [4.69, 9.17) is 0 Å². The van der Waals surface area contributed by atoms with Gasteiger partial charge >= 0.3 is 6.03 Å². The zero-order valence-electron chi connectivity index (χ0n) is 14.4. The van der Waals surface area contributed by atoms with Gasteiger partial charge in [-0.2, -0.15) is 0 Å². The van der Waals surface area contributed by atoms with E-state index in [0.717, 1.165) is 5.69 Å². The van der Waals surface area contributed by atoms with Crippen molar-refractivity contribution < 1.29 is 4.79 Å². The molecule has 0 atom stereocenters. The number of hydrogen-bond acceptors (Lipinski definition) is 1. The molecule has 3 rings (SSSR count). The number of anilines is 1. The van der Waals surface area contributed by atoms with Crippen molar-refractivity contribution in [2.75, 3.05) is 11.9 Å². The molecule has 0 aromatic heterocycles. The number of benzene rings is 1. The molecule has 1 aromatic rings. The predicted octanol–water partition coefficient (Wildman–Crippen LogP) is 5.21. The fourth-order valence-electron chi connectivity index (χ4n) is 4.26. The highest BCUT2D eigenvalue weighted by atomic mass is 16.2. The van der Waals surface area contributed by atoms with Crippen molar-refractivity contribution in [3.63, 3.8) is 0 Å². The maximum absolute atomic E-state index is 13.3. The Kier molecular flexibility index (Phi) is 5.58. The van der Waals surface area contributed by atoms with Crippen LogP contribution in [0.1, 0.15) is 64.2 Å². The molecule has 0 unspecified atom stereocenters. The molecule has 2 fully saturated rings. The summed E-state index contributed by atoms with van der Waals surface area (Å²) in [5, 5.41) is 0. The van der Waals surface area contributed by atoms with Gasteiger partial charge in [0.15, 0.2) is 0 Å². The van der Waals surface area contributed by atoms with Crippen LogP contribution in [0, 0.1) is 0 Å². The summed E-state index contributed by atoms with van der Waals surface area (Å²) in [7, 11) is 1.93. The lowest BCUT2D eigenvalue weighted by molar-refractivity contribution is 0.110. The number of hydrogen-bond donors (Lipinski definition) is 0. The van der Waals surface area contributed by atoms with E-state index in [1.807, 2.05) is 42.3 Å². The summed E-state index contributed by atoms with van der Waals surface area (Å²) in [5.41, 5.74) is 0.995. The molecule has 2 amide bonds. The standard InChI is InChI=1S/C20H30N2O/c1-21(17-11-5-2-6-12-17)20(23)22(18-13-7-3-8-14-18)19-15-9-4-10-16-19/h2,5-6,11-12,18-19H,3-4,7-10,13-16H2,1H3. The molecule has 2 aliphatic carbocycles. The Balaban J connectivity index is 1.79. The van der Waals surface area contributed by atoms with E-state index in [1.165, 1.54) is 64.2 Å². The van der Waals surface area contributed by atoms with Crippen molar-refractivity contribution in [3.8, 4) is 0 Å². The summed E-state index contributed by atoms with van der Waals surface area (Å²) in [6.45, 7) is 0.